The molecule has 0 radical (unpaired) electrons. The number of hydrogen-bond donors (Lipinski definition) is 1. The summed E-state index contributed by atoms with van der Waals surface area (Å²) in [7, 11) is 4.98. The number of carbonyl (C=O) groups is 1. The molecule has 0 saturated carbocycles. The summed E-state index contributed by atoms with van der Waals surface area (Å²) < 4.78 is 10.3. The lowest BCUT2D eigenvalue weighted by Gasteiger charge is -2.12. The average Bonchev–Trinajstić information content (AvgIpc) is 2.34. The zero-order valence-corrected chi connectivity index (χ0v) is 9.87. The molecule has 0 aliphatic carbocycles. The SMILES string of the molecule is CNCCc1cc(C=O)c(OC)c(OC)c1. The first-order valence-electron chi connectivity index (χ1n) is 5.11. The van der Waals surface area contributed by atoms with E-state index in [0.29, 0.717) is 17.1 Å². The highest BCUT2D eigenvalue weighted by molar-refractivity contribution is 5.81. The van der Waals surface area contributed by atoms with Crippen LogP contribution in [0.25, 0.3) is 0 Å². The van der Waals surface area contributed by atoms with Gasteiger partial charge in [0.1, 0.15) is 0 Å². The van der Waals surface area contributed by atoms with Gasteiger partial charge >= 0.3 is 0 Å². The van der Waals surface area contributed by atoms with Crippen LogP contribution in [0.3, 0.4) is 0 Å². The van der Waals surface area contributed by atoms with Crippen molar-refractivity contribution in [1.29, 1.82) is 0 Å². The number of likely N-dealkylation sites (N-methyl/N-ethyl adjacent to an activating group) is 1. The van der Waals surface area contributed by atoms with E-state index in [1.165, 1.54) is 7.11 Å². The molecule has 0 bridgehead atoms. The lowest BCUT2D eigenvalue weighted by atomic mass is 10.1. The fourth-order valence-corrected chi connectivity index (χ4v) is 1.55. The molecule has 0 amide bonds. The smallest absolute Gasteiger partial charge is 0.171 e. The van der Waals surface area contributed by atoms with E-state index >= 15 is 0 Å². The number of methoxy groups -OCH3 is 2. The second-order valence-electron chi connectivity index (χ2n) is 3.39. The van der Waals surface area contributed by atoms with Crippen LogP contribution in [-0.2, 0) is 6.42 Å². The Bertz CT molecular complexity index is 364. The average molecular weight is 223 g/mol. The highest BCUT2D eigenvalue weighted by Gasteiger charge is 2.11. The van der Waals surface area contributed by atoms with Crippen molar-refractivity contribution in [3.63, 3.8) is 0 Å². The lowest BCUT2D eigenvalue weighted by Crippen LogP contribution is -2.10. The number of rotatable bonds is 6. The molecule has 1 rings (SSSR count). The quantitative estimate of drug-likeness (QED) is 0.738. The molecule has 4 nitrogen and oxygen atoms in total. The van der Waals surface area contributed by atoms with Crippen molar-refractivity contribution >= 4 is 6.29 Å². The van der Waals surface area contributed by atoms with Crippen molar-refractivity contribution in [2.24, 2.45) is 0 Å². The van der Waals surface area contributed by atoms with Gasteiger partial charge in [0.25, 0.3) is 0 Å². The van der Waals surface area contributed by atoms with Crippen molar-refractivity contribution in [2.45, 2.75) is 6.42 Å². The maximum atomic E-state index is 10.9. The van der Waals surface area contributed by atoms with Crippen molar-refractivity contribution in [2.75, 3.05) is 27.8 Å². The van der Waals surface area contributed by atoms with E-state index in [1.54, 1.807) is 7.11 Å². The number of hydrogen-bond acceptors (Lipinski definition) is 4. The maximum Gasteiger partial charge on any atom is 0.171 e. The predicted octanol–water partition coefficient (Wildman–Crippen LogP) is 1.28. The first-order chi connectivity index (χ1) is 7.76. The van der Waals surface area contributed by atoms with Crippen LogP contribution in [0, 0.1) is 0 Å². The van der Waals surface area contributed by atoms with Gasteiger partial charge in [0.15, 0.2) is 17.8 Å². The van der Waals surface area contributed by atoms with E-state index < -0.39 is 0 Å². The molecule has 88 valence electrons. The summed E-state index contributed by atoms with van der Waals surface area (Å²) in [6, 6.07) is 3.72. The van der Waals surface area contributed by atoms with Crippen LogP contribution in [0.2, 0.25) is 0 Å². The Labute approximate surface area is 95.6 Å². The Morgan fingerprint density at radius 1 is 1.31 bits per heavy atom. The predicted molar refractivity (Wildman–Crippen MR) is 62.6 cm³/mol. The normalized spacial score (nSPS) is 9.94. The minimum absolute atomic E-state index is 0.491. The summed E-state index contributed by atoms with van der Waals surface area (Å²) >= 11 is 0. The van der Waals surface area contributed by atoms with Gasteiger partial charge in [-0.3, -0.25) is 4.79 Å². The van der Waals surface area contributed by atoms with Crippen molar-refractivity contribution in [3.8, 4) is 11.5 Å². The Balaban J connectivity index is 3.10. The minimum Gasteiger partial charge on any atom is -0.493 e. The molecule has 0 spiro atoms. The molecule has 1 aromatic rings. The number of carbonyl (C=O) groups excluding carboxylic acids is 1. The number of nitrogens with one attached hydrogen (secondary N) is 1. The molecule has 0 atom stereocenters. The van der Waals surface area contributed by atoms with E-state index in [1.807, 2.05) is 19.2 Å². The molecular weight excluding hydrogens is 206 g/mol. The highest BCUT2D eigenvalue weighted by Crippen LogP contribution is 2.31. The zero-order valence-electron chi connectivity index (χ0n) is 9.87. The second kappa shape index (κ2) is 6.12. The monoisotopic (exact) mass is 223 g/mol. The summed E-state index contributed by atoms with van der Waals surface area (Å²) in [4.78, 5) is 10.9. The van der Waals surface area contributed by atoms with Gasteiger partial charge in [0, 0.05) is 0 Å². The molecule has 0 saturated heterocycles. The zero-order chi connectivity index (χ0) is 12.0. The van der Waals surface area contributed by atoms with E-state index in [0.717, 1.165) is 24.8 Å². The third-order valence-corrected chi connectivity index (χ3v) is 2.36. The lowest BCUT2D eigenvalue weighted by molar-refractivity contribution is 0.112. The third kappa shape index (κ3) is 2.73. The molecule has 0 heterocycles. The number of ether oxygens (including phenoxy) is 2. The third-order valence-electron chi connectivity index (χ3n) is 2.36. The van der Waals surface area contributed by atoms with Gasteiger partial charge in [-0.2, -0.15) is 0 Å². The maximum absolute atomic E-state index is 10.9. The van der Waals surface area contributed by atoms with Gasteiger partial charge in [0.2, 0.25) is 0 Å². The van der Waals surface area contributed by atoms with Crippen LogP contribution in [0.15, 0.2) is 12.1 Å². The summed E-state index contributed by atoms with van der Waals surface area (Å²) in [5.41, 5.74) is 1.57. The van der Waals surface area contributed by atoms with E-state index in [2.05, 4.69) is 5.32 Å². The van der Waals surface area contributed by atoms with Crippen molar-refractivity contribution in [1.82, 2.24) is 5.32 Å². The number of aldehydes is 1. The van der Waals surface area contributed by atoms with Crippen LogP contribution < -0.4 is 14.8 Å². The first kappa shape index (κ1) is 12.5. The summed E-state index contributed by atoms with van der Waals surface area (Å²) in [6.45, 7) is 0.855. The van der Waals surface area contributed by atoms with Crippen molar-refractivity contribution < 1.29 is 14.3 Å². The van der Waals surface area contributed by atoms with Crippen LogP contribution >= 0.6 is 0 Å². The number of benzene rings is 1. The van der Waals surface area contributed by atoms with Gasteiger partial charge in [-0.1, -0.05) is 0 Å². The van der Waals surface area contributed by atoms with E-state index in [4.69, 9.17) is 9.47 Å². The topological polar surface area (TPSA) is 47.6 Å². The fourth-order valence-electron chi connectivity index (χ4n) is 1.55. The van der Waals surface area contributed by atoms with Crippen LogP contribution in [0.1, 0.15) is 15.9 Å². The molecule has 0 unspecified atom stereocenters. The summed E-state index contributed by atoms with van der Waals surface area (Å²) in [6.07, 6.45) is 1.63. The largest absolute Gasteiger partial charge is 0.493 e. The van der Waals surface area contributed by atoms with Gasteiger partial charge < -0.3 is 14.8 Å². The Morgan fingerprint density at radius 2 is 2.06 bits per heavy atom. The molecule has 0 aliphatic heterocycles. The molecule has 0 aromatic heterocycles. The standard InChI is InChI=1S/C12H17NO3/c1-13-5-4-9-6-10(8-14)12(16-3)11(7-9)15-2/h6-8,13H,4-5H2,1-3H3. The molecule has 1 aromatic carbocycles. The first-order valence-corrected chi connectivity index (χ1v) is 5.11. The highest BCUT2D eigenvalue weighted by atomic mass is 16.5. The van der Waals surface area contributed by atoms with Crippen LogP contribution in [0.4, 0.5) is 0 Å². The summed E-state index contributed by atoms with van der Waals surface area (Å²) in [5.74, 6) is 1.09. The second-order valence-corrected chi connectivity index (χ2v) is 3.39. The molecule has 16 heavy (non-hydrogen) atoms. The van der Waals surface area contributed by atoms with Gasteiger partial charge in [-0.15, -0.1) is 0 Å². The van der Waals surface area contributed by atoms with Crippen molar-refractivity contribution in [3.05, 3.63) is 23.3 Å². The molecule has 0 aliphatic rings. The Kier molecular flexibility index (Phi) is 4.79. The van der Waals surface area contributed by atoms with E-state index in [-0.39, 0.29) is 0 Å². The molecular formula is C12H17NO3. The molecule has 0 fully saturated rings. The fraction of sp³-hybridized carbons (Fsp3) is 0.417. The van der Waals surface area contributed by atoms with Gasteiger partial charge in [-0.25, -0.2) is 0 Å². The van der Waals surface area contributed by atoms with Crippen LogP contribution in [0.5, 0.6) is 11.5 Å². The molecule has 1 N–H and O–H groups in total. The molecule has 4 heteroatoms. The van der Waals surface area contributed by atoms with Gasteiger partial charge in [0.05, 0.1) is 19.8 Å². The minimum atomic E-state index is 0.491. The Morgan fingerprint density at radius 3 is 2.56 bits per heavy atom. The van der Waals surface area contributed by atoms with E-state index in [9.17, 15) is 4.79 Å². The van der Waals surface area contributed by atoms with Crippen LogP contribution in [-0.4, -0.2) is 34.1 Å². The summed E-state index contributed by atoms with van der Waals surface area (Å²) in [5, 5.41) is 3.06. The van der Waals surface area contributed by atoms with Gasteiger partial charge in [-0.05, 0) is 37.7 Å². The Hall–Kier alpha value is -1.55.